The molecular formula is C14H20N2O. The summed E-state index contributed by atoms with van der Waals surface area (Å²) in [5.74, 6) is 0.525. The first kappa shape index (κ1) is 12.1. The summed E-state index contributed by atoms with van der Waals surface area (Å²) in [5, 5.41) is 0. The van der Waals surface area contributed by atoms with E-state index in [2.05, 4.69) is 19.1 Å². The normalized spacial score (nSPS) is 23.8. The van der Waals surface area contributed by atoms with E-state index in [1.807, 2.05) is 30.0 Å². The summed E-state index contributed by atoms with van der Waals surface area (Å²) in [7, 11) is 0. The van der Waals surface area contributed by atoms with E-state index in [1.54, 1.807) is 0 Å². The number of carbonyl (C=O) groups excluding carboxylic acids is 1. The predicted molar refractivity (Wildman–Crippen MR) is 68.3 cm³/mol. The van der Waals surface area contributed by atoms with Crippen molar-refractivity contribution in [3.8, 4) is 0 Å². The summed E-state index contributed by atoms with van der Waals surface area (Å²) >= 11 is 0. The van der Waals surface area contributed by atoms with E-state index in [9.17, 15) is 4.79 Å². The zero-order valence-corrected chi connectivity index (χ0v) is 10.5. The van der Waals surface area contributed by atoms with Gasteiger partial charge < -0.3 is 10.6 Å². The first-order chi connectivity index (χ1) is 8.09. The standard InChI is InChI=1S/C14H20N2O/c1-10(15)13-8-14(17)16(9-13)11(2)12-6-4-3-5-7-12/h3-7,10-11,13H,8-9,15H2,1-2H3/t10-,11+,13+/m0/s1. The van der Waals surface area contributed by atoms with E-state index in [1.165, 1.54) is 5.56 Å². The summed E-state index contributed by atoms with van der Waals surface area (Å²) < 4.78 is 0. The third kappa shape index (κ3) is 2.50. The molecule has 1 aliphatic heterocycles. The number of nitrogens with zero attached hydrogens (tertiary/aromatic N) is 1. The lowest BCUT2D eigenvalue weighted by Crippen LogP contribution is -2.32. The average molecular weight is 232 g/mol. The van der Waals surface area contributed by atoms with Crippen molar-refractivity contribution in [2.24, 2.45) is 11.7 Å². The average Bonchev–Trinajstić information content (AvgIpc) is 2.72. The van der Waals surface area contributed by atoms with Crippen LogP contribution in [0.25, 0.3) is 0 Å². The first-order valence-corrected chi connectivity index (χ1v) is 6.19. The fraction of sp³-hybridized carbons (Fsp3) is 0.500. The topological polar surface area (TPSA) is 46.3 Å². The van der Waals surface area contributed by atoms with Crippen LogP contribution in [0.2, 0.25) is 0 Å². The van der Waals surface area contributed by atoms with Gasteiger partial charge in [0.2, 0.25) is 5.91 Å². The molecule has 3 heteroatoms. The fourth-order valence-corrected chi connectivity index (χ4v) is 2.40. The predicted octanol–water partition coefficient (Wildman–Crippen LogP) is 1.94. The summed E-state index contributed by atoms with van der Waals surface area (Å²) in [4.78, 5) is 13.9. The Balaban J connectivity index is 2.11. The van der Waals surface area contributed by atoms with Crippen LogP contribution in [0, 0.1) is 5.92 Å². The van der Waals surface area contributed by atoms with Crippen molar-refractivity contribution in [1.82, 2.24) is 4.90 Å². The lowest BCUT2D eigenvalue weighted by molar-refractivity contribution is -0.129. The van der Waals surface area contributed by atoms with Crippen LogP contribution < -0.4 is 5.73 Å². The van der Waals surface area contributed by atoms with E-state index in [0.717, 1.165) is 6.54 Å². The van der Waals surface area contributed by atoms with Gasteiger partial charge >= 0.3 is 0 Å². The number of likely N-dealkylation sites (tertiary alicyclic amines) is 1. The van der Waals surface area contributed by atoms with E-state index in [-0.39, 0.29) is 18.0 Å². The number of rotatable bonds is 3. The number of hydrogen-bond donors (Lipinski definition) is 1. The number of hydrogen-bond acceptors (Lipinski definition) is 2. The summed E-state index contributed by atoms with van der Waals surface area (Å²) in [6.07, 6.45) is 0.592. The van der Waals surface area contributed by atoms with Crippen LogP contribution in [-0.2, 0) is 4.79 Å². The Kier molecular flexibility index (Phi) is 3.48. The van der Waals surface area contributed by atoms with Crippen LogP contribution in [-0.4, -0.2) is 23.4 Å². The zero-order chi connectivity index (χ0) is 12.4. The van der Waals surface area contributed by atoms with Gasteiger partial charge in [0, 0.05) is 24.9 Å². The highest BCUT2D eigenvalue weighted by Gasteiger charge is 2.34. The van der Waals surface area contributed by atoms with Crippen molar-refractivity contribution in [3.63, 3.8) is 0 Å². The summed E-state index contributed by atoms with van der Waals surface area (Å²) in [6.45, 7) is 4.85. The summed E-state index contributed by atoms with van der Waals surface area (Å²) in [5.41, 5.74) is 7.07. The van der Waals surface area contributed by atoms with Crippen molar-refractivity contribution in [1.29, 1.82) is 0 Å². The second-order valence-corrected chi connectivity index (χ2v) is 4.96. The Morgan fingerprint density at radius 1 is 1.29 bits per heavy atom. The number of benzene rings is 1. The minimum Gasteiger partial charge on any atom is -0.336 e. The second kappa shape index (κ2) is 4.88. The Morgan fingerprint density at radius 2 is 1.94 bits per heavy atom. The third-order valence-electron chi connectivity index (χ3n) is 3.68. The molecule has 0 aromatic heterocycles. The Labute approximate surface area is 103 Å². The SMILES string of the molecule is C[C@H](N)[C@@H]1CC(=O)N([C@H](C)c2ccccc2)C1. The molecule has 1 heterocycles. The maximum atomic E-state index is 12.0. The van der Waals surface area contributed by atoms with Gasteiger partial charge in [0.05, 0.1) is 6.04 Å². The van der Waals surface area contributed by atoms with Crippen LogP contribution in [0.5, 0.6) is 0 Å². The molecule has 3 atom stereocenters. The molecule has 0 aliphatic carbocycles. The van der Waals surface area contributed by atoms with Gasteiger partial charge in [0.25, 0.3) is 0 Å². The van der Waals surface area contributed by atoms with Gasteiger partial charge in [-0.1, -0.05) is 30.3 Å². The molecule has 0 spiro atoms. The molecule has 0 bridgehead atoms. The van der Waals surface area contributed by atoms with Crippen LogP contribution in [0.1, 0.15) is 31.9 Å². The van der Waals surface area contributed by atoms with Crippen molar-refractivity contribution >= 4 is 5.91 Å². The molecule has 1 fully saturated rings. The molecule has 92 valence electrons. The highest BCUT2D eigenvalue weighted by atomic mass is 16.2. The molecule has 1 aromatic rings. The maximum absolute atomic E-state index is 12.0. The lowest BCUT2D eigenvalue weighted by Gasteiger charge is -2.25. The molecule has 2 rings (SSSR count). The molecule has 0 unspecified atom stereocenters. The monoisotopic (exact) mass is 232 g/mol. The van der Waals surface area contributed by atoms with Crippen LogP contribution >= 0.6 is 0 Å². The van der Waals surface area contributed by atoms with E-state index >= 15 is 0 Å². The Hall–Kier alpha value is -1.35. The van der Waals surface area contributed by atoms with Crippen molar-refractivity contribution in [3.05, 3.63) is 35.9 Å². The van der Waals surface area contributed by atoms with Gasteiger partial charge in [-0.15, -0.1) is 0 Å². The molecule has 1 aliphatic rings. The number of nitrogens with two attached hydrogens (primary N) is 1. The lowest BCUT2D eigenvalue weighted by atomic mass is 10.0. The minimum absolute atomic E-state index is 0.0897. The van der Waals surface area contributed by atoms with E-state index in [4.69, 9.17) is 5.73 Å². The molecule has 0 saturated carbocycles. The van der Waals surface area contributed by atoms with Crippen molar-refractivity contribution in [2.45, 2.75) is 32.4 Å². The Morgan fingerprint density at radius 3 is 2.47 bits per heavy atom. The van der Waals surface area contributed by atoms with E-state index < -0.39 is 0 Å². The van der Waals surface area contributed by atoms with Gasteiger partial charge in [0.1, 0.15) is 0 Å². The largest absolute Gasteiger partial charge is 0.336 e. The molecular weight excluding hydrogens is 212 g/mol. The van der Waals surface area contributed by atoms with Gasteiger partial charge in [-0.05, 0) is 19.4 Å². The van der Waals surface area contributed by atoms with Gasteiger partial charge in [-0.25, -0.2) is 0 Å². The Bertz CT molecular complexity index is 388. The first-order valence-electron chi connectivity index (χ1n) is 6.19. The van der Waals surface area contributed by atoms with Crippen LogP contribution in [0.15, 0.2) is 30.3 Å². The zero-order valence-electron chi connectivity index (χ0n) is 10.5. The fourth-order valence-electron chi connectivity index (χ4n) is 2.40. The molecule has 1 aromatic carbocycles. The van der Waals surface area contributed by atoms with Crippen molar-refractivity contribution in [2.75, 3.05) is 6.54 Å². The molecule has 1 amide bonds. The molecule has 17 heavy (non-hydrogen) atoms. The molecule has 3 nitrogen and oxygen atoms in total. The van der Waals surface area contributed by atoms with E-state index in [0.29, 0.717) is 12.3 Å². The quantitative estimate of drug-likeness (QED) is 0.865. The maximum Gasteiger partial charge on any atom is 0.223 e. The second-order valence-electron chi connectivity index (χ2n) is 4.96. The number of amides is 1. The van der Waals surface area contributed by atoms with Gasteiger partial charge in [0.15, 0.2) is 0 Å². The van der Waals surface area contributed by atoms with Crippen molar-refractivity contribution < 1.29 is 4.79 Å². The van der Waals surface area contributed by atoms with Crippen LogP contribution in [0.3, 0.4) is 0 Å². The minimum atomic E-state index is 0.0897. The van der Waals surface area contributed by atoms with Crippen LogP contribution in [0.4, 0.5) is 0 Å². The third-order valence-corrected chi connectivity index (χ3v) is 3.68. The van der Waals surface area contributed by atoms with Gasteiger partial charge in [-0.3, -0.25) is 4.79 Å². The number of carbonyl (C=O) groups is 1. The van der Waals surface area contributed by atoms with Gasteiger partial charge in [-0.2, -0.15) is 0 Å². The summed E-state index contributed by atoms with van der Waals surface area (Å²) in [6, 6.07) is 10.4. The molecule has 2 N–H and O–H groups in total. The highest BCUT2D eigenvalue weighted by molar-refractivity contribution is 5.79. The highest BCUT2D eigenvalue weighted by Crippen LogP contribution is 2.29. The molecule has 1 saturated heterocycles. The molecule has 0 radical (unpaired) electrons. The smallest absolute Gasteiger partial charge is 0.223 e.